The molecule has 1 N–H and O–H groups in total. The maximum absolute atomic E-state index is 12.9. The number of allylic oxidation sites excluding steroid dienone is 6. The van der Waals surface area contributed by atoms with Crippen molar-refractivity contribution in [3.05, 3.63) is 36.5 Å². The summed E-state index contributed by atoms with van der Waals surface area (Å²) in [5.41, 5.74) is 0. The smallest absolute Gasteiger partial charge is 0.361 e. The molecule has 9 nitrogen and oxygen atoms in total. The monoisotopic (exact) mass is 1090 g/mol. The van der Waals surface area contributed by atoms with Crippen LogP contribution in [-0.2, 0) is 33.3 Å². The van der Waals surface area contributed by atoms with Crippen molar-refractivity contribution in [1.29, 1.82) is 0 Å². The van der Waals surface area contributed by atoms with E-state index in [2.05, 4.69) is 50.3 Å². The molecule has 452 valence electrons. The first-order valence-electron chi connectivity index (χ1n) is 33.2. The second-order valence-corrected chi connectivity index (χ2v) is 23.8. The highest BCUT2D eigenvalue weighted by atomic mass is 16.7. The molecule has 0 radical (unpaired) electrons. The first-order valence-corrected chi connectivity index (χ1v) is 33.2. The molecule has 0 spiro atoms. The number of rotatable bonds is 62. The molecule has 0 amide bonds. The minimum Gasteiger partial charge on any atom is -0.477 e. The molecule has 0 saturated carbocycles. The molecule has 0 aliphatic rings. The highest BCUT2D eigenvalue weighted by Crippen LogP contribution is 2.18. The first kappa shape index (κ1) is 74.5. The lowest BCUT2D eigenvalue weighted by atomic mass is 10.0. The van der Waals surface area contributed by atoms with E-state index in [1.54, 1.807) is 0 Å². The molecule has 0 fully saturated rings. The number of carboxylic acid groups (broad SMARTS) is 1. The van der Waals surface area contributed by atoms with Crippen LogP contribution in [0.1, 0.15) is 322 Å². The topological polar surface area (TPSA) is 108 Å². The molecule has 0 aromatic rings. The Morgan fingerprint density at radius 2 is 0.701 bits per heavy atom. The van der Waals surface area contributed by atoms with Crippen molar-refractivity contribution in [1.82, 2.24) is 0 Å². The molecule has 0 heterocycles. The van der Waals surface area contributed by atoms with Crippen LogP contribution in [0.5, 0.6) is 0 Å². The van der Waals surface area contributed by atoms with Gasteiger partial charge in [0.15, 0.2) is 6.10 Å². The number of aliphatic carboxylic acids is 1. The van der Waals surface area contributed by atoms with Crippen molar-refractivity contribution in [2.75, 3.05) is 47.5 Å². The van der Waals surface area contributed by atoms with Crippen molar-refractivity contribution in [3.8, 4) is 0 Å². The van der Waals surface area contributed by atoms with Crippen LogP contribution in [0.2, 0.25) is 0 Å². The fraction of sp³-hybridized carbons (Fsp3) is 0.868. The predicted molar refractivity (Wildman–Crippen MR) is 327 cm³/mol. The number of hydrogen-bond donors (Lipinski definition) is 1. The number of carbonyl (C=O) groups is 3. The Kier molecular flexibility index (Phi) is 57.7. The predicted octanol–water partition coefficient (Wildman–Crippen LogP) is 20.0. The maximum Gasteiger partial charge on any atom is 0.361 e. The number of ether oxygens (including phenoxy) is 4. The van der Waals surface area contributed by atoms with Crippen molar-refractivity contribution in [3.63, 3.8) is 0 Å². The molecule has 0 aromatic heterocycles. The van der Waals surface area contributed by atoms with Crippen molar-refractivity contribution >= 4 is 17.9 Å². The number of nitrogens with zero attached hydrogens (tertiary/aromatic N) is 1. The number of esters is 2. The molecule has 2 atom stereocenters. The van der Waals surface area contributed by atoms with Crippen LogP contribution in [0.4, 0.5) is 0 Å². The van der Waals surface area contributed by atoms with Gasteiger partial charge in [0.05, 0.1) is 34.4 Å². The minimum absolute atomic E-state index is 0.176. The van der Waals surface area contributed by atoms with Gasteiger partial charge in [0.2, 0.25) is 0 Å². The van der Waals surface area contributed by atoms with E-state index in [1.807, 2.05) is 21.1 Å². The van der Waals surface area contributed by atoms with Gasteiger partial charge in [-0.15, -0.1) is 0 Å². The zero-order valence-electron chi connectivity index (χ0n) is 51.6. The number of hydrogen-bond acceptors (Lipinski definition) is 7. The van der Waals surface area contributed by atoms with Crippen LogP contribution in [0.15, 0.2) is 36.5 Å². The molecule has 0 saturated heterocycles. The van der Waals surface area contributed by atoms with E-state index in [0.29, 0.717) is 17.4 Å². The SMILES string of the molecule is CCCCCCC/C=C\C/C=C\C/C=C\CCCCCCCCCCCCCCCCCCCCC(=O)OC(COC(=O)CCCCCCCCCCCCCCCCCCCCC)COC(OCC[N+](C)(C)C)C(=O)O. The van der Waals surface area contributed by atoms with Gasteiger partial charge in [-0.1, -0.05) is 294 Å². The Hall–Kier alpha value is -2.49. The third-order valence-electron chi connectivity index (χ3n) is 14.9. The first-order chi connectivity index (χ1) is 37.6. The van der Waals surface area contributed by atoms with E-state index >= 15 is 0 Å². The molecule has 0 aliphatic carbocycles. The summed E-state index contributed by atoms with van der Waals surface area (Å²) in [5, 5.41) is 9.73. The Balaban J connectivity index is 4.07. The zero-order valence-corrected chi connectivity index (χ0v) is 51.6. The standard InChI is InChI=1S/C68H127NO8/c1-6-8-10-12-14-16-18-20-22-24-26-27-28-29-30-31-32-33-34-35-36-37-38-39-41-43-45-47-49-51-53-55-57-59-66(71)77-64(63-76-68(67(72)73)74-61-60-69(3,4)5)62-75-65(70)58-56-54-52-50-48-46-44-42-40-25-23-21-19-17-15-13-11-9-7-2/h18,20,24,26,28-29,64,68H,6-17,19,21-23,25,27,30-63H2,1-5H3/p+1/b20-18-,26-24-,29-28-. The Morgan fingerprint density at radius 3 is 1.04 bits per heavy atom. The second-order valence-electron chi connectivity index (χ2n) is 23.8. The quantitative estimate of drug-likeness (QED) is 0.0211. The Bertz CT molecular complexity index is 1360. The van der Waals surface area contributed by atoms with E-state index in [-0.39, 0.29) is 38.2 Å². The summed E-state index contributed by atoms with van der Waals surface area (Å²) in [4.78, 5) is 37.5. The lowest BCUT2D eigenvalue weighted by Crippen LogP contribution is -2.40. The van der Waals surface area contributed by atoms with Gasteiger partial charge in [-0.3, -0.25) is 9.59 Å². The van der Waals surface area contributed by atoms with Crippen molar-refractivity contribution in [2.24, 2.45) is 0 Å². The highest BCUT2D eigenvalue weighted by molar-refractivity contribution is 5.71. The van der Waals surface area contributed by atoms with E-state index in [4.69, 9.17) is 18.9 Å². The normalized spacial score (nSPS) is 12.9. The summed E-state index contributed by atoms with van der Waals surface area (Å²) in [6.45, 7) is 4.92. The lowest BCUT2D eigenvalue weighted by Gasteiger charge is -2.25. The fourth-order valence-electron chi connectivity index (χ4n) is 9.79. The summed E-state index contributed by atoms with van der Waals surface area (Å²) in [6, 6.07) is 0. The van der Waals surface area contributed by atoms with Gasteiger partial charge in [-0.2, -0.15) is 0 Å². The Morgan fingerprint density at radius 1 is 0.390 bits per heavy atom. The van der Waals surface area contributed by atoms with Gasteiger partial charge in [0, 0.05) is 12.8 Å². The molecular weight excluding hydrogens is 959 g/mol. The van der Waals surface area contributed by atoms with Gasteiger partial charge in [-0.25, -0.2) is 4.79 Å². The van der Waals surface area contributed by atoms with Gasteiger partial charge in [0.25, 0.3) is 6.29 Å². The van der Waals surface area contributed by atoms with Gasteiger partial charge >= 0.3 is 17.9 Å². The summed E-state index contributed by atoms with van der Waals surface area (Å²) < 4.78 is 23.0. The minimum atomic E-state index is -1.51. The summed E-state index contributed by atoms with van der Waals surface area (Å²) >= 11 is 0. The maximum atomic E-state index is 12.9. The summed E-state index contributed by atoms with van der Waals surface area (Å²) in [7, 11) is 5.98. The van der Waals surface area contributed by atoms with E-state index in [9.17, 15) is 19.5 Å². The van der Waals surface area contributed by atoms with Crippen LogP contribution in [0, 0.1) is 0 Å². The second kappa shape index (κ2) is 59.6. The molecule has 0 aliphatic heterocycles. The molecule has 2 unspecified atom stereocenters. The third kappa shape index (κ3) is 61.0. The summed E-state index contributed by atoms with van der Waals surface area (Å²) in [6.07, 6.45) is 71.0. The highest BCUT2D eigenvalue weighted by Gasteiger charge is 2.25. The van der Waals surface area contributed by atoms with E-state index in [0.717, 1.165) is 51.4 Å². The van der Waals surface area contributed by atoms with Crippen molar-refractivity contribution in [2.45, 2.75) is 334 Å². The van der Waals surface area contributed by atoms with Crippen LogP contribution in [0.25, 0.3) is 0 Å². The van der Waals surface area contributed by atoms with Crippen molar-refractivity contribution < 1.29 is 42.9 Å². The zero-order chi connectivity index (χ0) is 56.2. The number of carbonyl (C=O) groups excluding carboxylic acids is 2. The van der Waals surface area contributed by atoms with E-state index < -0.39 is 18.4 Å². The number of unbranched alkanes of at least 4 members (excludes halogenated alkanes) is 41. The lowest BCUT2D eigenvalue weighted by molar-refractivity contribution is -0.870. The molecular formula is C68H128NO8+. The van der Waals surface area contributed by atoms with Crippen LogP contribution in [0.3, 0.4) is 0 Å². The van der Waals surface area contributed by atoms with Crippen LogP contribution >= 0.6 is 0 Å². The van der Waals surface area contributed by atoms with Gasteiger partial charge < -0.3 is 28.5 Å². The molecule has 0 bridgehead atoms. The average molecular weight is 1090 g/mol. The number of likely N-dealkylation sites (N-methyl/N-ethyl adjacent to an activating group) is 1. The van der Waals surface area contributed by atoms with E-state index in [1.165, 1.54) is 244 Å². The third-order valence-corrected chi connectivity index (χ3v) is 14.9. The van der Waals surface area contributed by atoms with Gasteiger partial charge in [-0.05, 0) is 51.4 Å². The molecule has 0 aromatic carbocycles. The summed E-state index contributed by atoms with van der Waals surface area (Å²) in [5.74, 6) is -1.98. The fourth-order valence-corrected chi connectivity index (χ4v) is 9.79. The number of carboxylic acids is 1. The number of quaternary nitrogens is 1. The molecule has 9 heteroatoms. The molecule has 0 rings (SSSR count). The van der Waals surface area contributed by atoms with Gasteiger partial charge in [0.1, 0.15) is 13.2 Å². The Labute approximate surface area is 477 Å². The van der Waals surface area contributed by atoms with Crippen LogP contribution in [-0.4, -0.2) is 87.4 Å². The van der Waals surface area contributed by atoms with Crippen LogP contribution < -0.4 is 0 Å². The molecule has 77 heavy (non-hydrogen) atoms. The average Bonchev–Trinajstić information content (AvgIpc) is 3.40. The largest absolute Gasteiger partial charge is 0.477 e.